The van der Waals surface area contributed by atoms with Crippen LogP contribution in [0.25, 0.3) is 0 Å². The maximum Gasteiger partial charge on any atom is 0.0829 e. The molecule has 0 aromatic carbocycles. The van der Waals surface area contributed by atoms with Gasteiger partial charge in [-0.05, 0) is 38.1 Å². The van der Waals surface area contributed by atoms with Crippen molar-refractivity contribution in [2.24, 2.45) is 17.8 Å². The zero-order valence-corrected chi connectivity index (χ0v) is 14.3. The Morgan fingerprint density at radius 1 is 1.24 bits per heavy atom. The predicted octanol–water partition coefficient (Wildman–Crippen LogP) is 1.27. The van der Waals surface area contributed by atoms with Gasteiger partial charge in [-0.3, -0.25) is 9.80 Å². The molecular formula is C17H33N3O. The number of nitrogens with one attached hydrogen (secondary N) is 1. The molecule has 0 aromatic rings. The summed E-state index contributed by atoms with van der Waals surface area (Å²) in [5.41, 5.74) is 0.317. The first-order valence-corrected chi connectivity index (χ1v) is 8.76. The van der Waals surface area contributed by atoms with Crippen LogP contribution in [-0.2, 0) is 4.74 Å². The minimum atomic E-state index is 0.317. The Kier molecular flexibility index (Phi) is 4.60. The van der Waals surface area contributed by atoms with E-state index in [4.69, 9.17) is 4.74 Å². The molecule has 21 heavy (non-hydrogen) atoms. The van der Waals surface area contributed by atoms with Gasteiger partial charge in [0.1, 0.15) is 0 Å². The van der Waals surface area contributed by atoms with Gasteiger partial charge in [0.25, 0.3) is 0 Å². The maximum absolute atomic E-state index is 6.07. The third kappa shape index (κ3) is 3.29. The normalized spacial score (nSPS) is 37.3. The minimum Gasteiger partial charge on any atom is -0.374 e. The van der Waals surface area contributed by atoms with E-state index in [1.54, 1.807) is 0 Å². The minimum absolute atomic E-state index is 0.317. The molecule has 122 valence electrons. The van der Waals surface area contributed by atoms with Crippen LogP contribution in [0.4, 0.5) is 0 Å². The fraction of sp³-hybridized carbons (Fsp3) is 1.00. The first kappa shape index (κ1) is 15.7. The van der Waals surface area contributed by atoms with Crippen molar-refractivity contribution in [1.29, 1.82) is 0 Å². The topological polar surface area (TPSA) is 27.7 Å². The molecule has 4 nitrogen and oxygen atoms in total. The molecule has 0 aromatic heterocycles. The number of fused-ring (bicyclic) bond motifs is 1. The fourth-order valence-corrected chi connectivity index (χ4v) is 4.63. The van der Waals surface area contributed by atoms with E-state index in [0.29, 0.717) is 11.6 Å². The van der Waals surface area contributed by atoms with Crippen LogP contribution < -0.4 is 5.32 Å². The van der Waals surface area contributed by atoms with Crippen molar-refractivity contribution < 1.29 is 4.74 Å². The van der Waals surface area contributed by atoms with Crippen molar-refractivity contribution in [3.05, 3.63) is 0 Å². The van der Waals surface area contributed by atoms with E-state index in [2.05, 4.69) is 42.8 Å². The zero-order valence-electron chi connectivity index (χ0n) is 14.3. The quantitative estimate of drug-likeness (QED) is 0.845. The summed E-state index contributed by atoms with van der Waals surface area (Å²) < 4.78 is 6.07. The van der Waals surface area contributed by atoms with Gasteiger partial charge >= 0.3 is 0 Å². The number of nitrogens with zero attached hydrogens (tertiary/aromatic N) is 2. The lowest BCUT2D eigenvalue weighted by atomic mass is 9.85. The van der Waals surface area contributed by atoms with Gasteiger partial charge in [-0.25, -0.2) is 0 Å². The molecule has 1 N–H and O–H groups in total. The van der Waals surface area contributed by atoms with Crippen molar-refractivity contribution in [3.63, 3.8) is 0 Å². The second kappa shape index (κ2) is 6.15. The van der Waals surface area contributed by atoms with Crippen molar-refractivity contribution >= 4 is 0 Å². The molecule has 4 heteroatoms. The van der Waals surface area contributed by atoms with Crippen LogP contribution >= 0.6 is 0 Å². The Balaban J connectivity index is 1.56. The highest BCUT2D eigenvalue weighted by atomic mass is 16.5. The molecule has 0 aliphatic carbocycles. The Hall–Kier alpha value is -0.160. The lowest BCUT2D eigenvalue weighted by Gasteiger charge is -2.40. The molecule has 3 fully saturated rings. The molecule has 3 unspecified atom stereocenters. The van der Waals surface area contributed by atoms with Crippen molar-refractivity contribution in [2.75, 3.05) is 52.4 Å². The third-order valence-corrected chi connectivity index (χ3v) is 5.79. The van der Waals surface area contributed by atoms with Crippen LogP contribution in [0.1, 0.15) is 27.7 Å². The van der Waals surface area contributed by atoms with Crippen LogP contribution in [0.5, 0.6) is 0 Å². The molecule has 3 aliphatic heterocycles. The molecule has 3 rings (SSSR count). The standard InChI is InChI=1S/C17H33N3O/c1-13(2)9-19-5-6-21-15(11-19)12-20-10-14-7-18-8-16(14)17(20,3)4/h13-16,18H,5-12H2,1-4H3. The average Bonchev–Trinajstić information content (AvgIpc) is 2.93. The van der Waals surface area contributed by atoms with Crippen LogP contribution in [0.2, 0.25) is 0 Å². The van der Waals surface area contributed by atoms with Crippen molar-refractivity contribution in [3.8, 4) is 0 Å². The summed E-state index contributed by atoms with van der Waals surface area (Å²) in [5, 5.41) is 3.57. The van der Waals surface area contributed by atoms with E-state index in [0.717, 1.165) is 44.0 Å². The van der Waals surface area contributed by atoms with E-state index in [1.165, 1.54) is 26.2 Å². The van der Waals surface area contributed by atoms with Gasteiger partial charge in [-0.1, -0.05) is 13.8 Å². The van der Waals surface area contributed by atoms with Crippen LogP contribution in [0.15, 0.2) is 0 Å². The Labute approximate surface area is 130 Å². The molecule has 3 heterocycles. The summed E-state index contributed by atoms with van der Waals surface area (Å²) >= 11 is 0. The summed E-state index contributed by atoms with van der Waals surface area (Å²) in [6, 6.07) is 0. The van der Waals surface area contributed by atoms with E-state index >= 15 is 0 Å². The SMILES string of the molecule is CC(C)CN1CCOC(CN2CC3CNCC3C2(C)C)C1. The Morgan fingerprint density at radius 2 is 2.05 bits per heavy atom. The second-order valence-electron chi connectivity index (χ2n) is 8.23. The smallest absolute Gasteiger partial charge is 0.0829 e. The van der Waals surface area contributed by atoms with Gasteiger partial charge in [0.05, 0.1) is 12.7 Å². The first-order chi connectivity index (χ1) is 9.96. The van der Waals surface area contributed by atoms with E-state index in [-0.39, 0.29) is 0 Å². The molecule has 3 aliphatic rings. The molecule has 0 spiro atoms. The molecule has 0 saturated carbocycles. The maximum atomic E-state index is 6.07. The zero-order chi connectivity index (χ0) is 15.0. The summed E-state index contributed by atoms with van der Waals surface area (Å²) in [6.45, 7) is 18.5. The second-order valence-corrected chi connectivity index (χ2v) is 8.23. The lowest BCUT2D eigenvalue weighted by Crippen LogP contribution is -2.52. The van der Waals surface area contributed by atoms with Gasteiger partial charge in [0.15, 0.2) is 0 Å². The molecule has 0 radical (unpaired) electrons. The Bertz CT molecular complexity index is 358. The summed E-state index contributed by atoms with van der Waals surface area (Å²) in [4.78, 5) is 5.29. The van der Waals surface area contributed by atoms with Crippen LogP contribution in [-0.4, -0.2) is 73.9 Å². The van der Waals surface area contributed by atoms with Crippen molar-refractivity contribution in [1.82, 2.24) is 15.1 Å². The fourth-order valence-electron chi connectivity index (χ4n) is 4.63. The molecule has 3 atom stereocenters. The summed E-state index contributed by atoms with van der Waals surface area (Å²) in [6.07, 6.45) is 0.392. The summed E-state index contributed by atoms with van der Waals surface area (Å²) in [5.74, 6) is 2.40. The molecule has 3 saturated heterocycles. The van der Waals surface area contributed by atoms with Gasteiger partial charge in [0.2, 0.25) is 0 Å². The van der Waals surface area contributed by atoms with E-state index in [1.807, 2.05) is 0 Å². The van der Waals surface area contributed by atoms with E-state index < -0.39 is 0 Å². The van der Waals surface area contributed by atoms with Crippen LogP contribution in [0, 0.1) is 17.8 Å². The molecule has 0 bridgehead atoms. The van der Waals surface area contributed by atoms with Gasteiger partial charge in [-0.2, -0.15) is 0 Å². The predicted molar refractivity (Wildman–Crippen MR) is 86.5 cm³/mol. The van der Waals surface area contributed by atoms with E-state index in [9.17, 15) is 0 Å². The Morgan fingerprint density at radius 3 is 2.76 bits per heavy atom. The largest absolute Gasteiger partial charge is 0.374 e. The number of hydrogen-bond acceptors (Lipinski definition) is 4. The highest BCUT2D eigenvalue weighted by Crippen LogP contribution is 2.40. The average molecular weight is 295 g/mol. The number of likely N-dealkylation sites (tertiary alicyclic amines) is 1. The third-order valence-electron chi connectivity index (χ3n) is 5.79. The lowest BCUT2D eigenvalue weighted by molar-refractivity contribution is -0.0552. The number of hydrogen-bond donors (Lipinski definition) is 1. The number of ether oxygens (including phenoxy) is 1. The summed E-state index contributed by atoms with van der Waals surface area (Å²) in [7, 11) is 0. The van der Waals surface area contributed by atoms with Crippen molar-refractivity contribution in [2.45, 2.75) is 39.3 Å². The van der Waals surface area contributed by atoms with Crippen LogP contribution in [0.3, 0.4) is 0 Å². The monoisotopic (exact) mass is 295 g/mol. The highest BCUT2D eigenvalue weighted by Gasteiger charge is 2.49. The van der Waals surface area contributed by atoms with Gasteiger partial charge in [0, 0.05) is 44.8 Å². The molecular weight excluding hydrogens is 262 g/mol. The highest BCUT2D eigenvalue weighted by molar-refractivity contribution is 5.05. The number of rotatable bonds is 4. The van der Waals surface area contributed by atoms with Gasteiger partial charge in [-0.15, -0.1) is 0 Å². The molecule has 0 amide bonds. The first-order valence-electron chi connectivity index (χ1n) is 8.76. The number of morpholine rings is 1. The van der Waals surface area contributed by atoms with Gasteiger partial charge < -0.3 is 10.1 Å².